The smallest absolute Gasteiger partial charge is 0.225 e. The van der Waals surface area contributed by atoms with E-state index < -0.39 is 0 Å². The van der Waals surface area contributed by atoms with Gasteiger partial charge in [0.25, 0.3) is 0 Å². The first-order valence-corrected chi connectivity index (χ1v) is 9.82. The number of aromatic nitrogens is 2. The second-order valence-corrected chi connectivity index (χ2v) is 10.0. The van der Waals surface area contributed by atoms with Crippen LogP contribution in [0.2, 0.25) is 0 Å². The van der Waals surface area contributed by atoms with Crippen LogP contribution in [-0.4, -0.2) is 15.7 Å². The van der Waals surface area contributed by atoms with Gasteiger partial charge in [0, 0.05) is 17.9 Å². The Morgan fingerprint density at radius 2 is 1.70 bits per heavy atom. The van der Waals surface area contributed by atoms with Crippen LogP contribution < -0.4 is 5.32 Å². The number of hydrogen-bond donors (Lipinski definition) is 1. The second-order valence-electron chi connectivity index (χ2n) is 10.0. The fourth-order valence-electron chi connectivity index (χ4n) is 3.35. The number of hydrogen-bond acceptors (Lipinski definition) is 2. The van der Waals surface area contributed by atoms with Crippen molar-refractivity contribution in [1.29, 1.82) is 0 Å². The van der Waals surface area contributed by atoms with Gasteiger partial charge in [0.15, 0.2) is 0 Å². The van der Waals surface area contributed by atoms with Gasteiger partial charge >= 0.3 is 0 Å². The molecule has 1 heterocycles. The third-order valence-electron chi connectivity index (χ3n) is 4.52. The average molecular weight is 370 g/mol. The summed E-state index contributed by atoms with van der Waals surface area (Å²) in [4.78, 5) is 12.7. The van der Waals surface area contributed by atoms with E-state index in [0.29, 0.717) is 12.3 Å². The van der Waals surface area contributed by atoms with Gasteiger partial charge in [0.1, 0.15) is 5.82 Å². The molecule has 4 heteroatoms. The van der Waals surface area contributed by atoms with Crippen LogP contribution >= 0.6 is 0 Å². The molecule has 148 valence electrons. The first-order chi connectivity index (χ1) is 12.3. The third-order valence-corrected chi connectivity index (χ3v) is 4.52. The van der Waals surface area contributed by atoms with Crippen molar-refractivity contribution in [2.24, 2.45) is 11.3 Å². The molecule has 2 rings (SSSR count). The van der Waals surface area contributed by atoms with Gasteiger partial charge in [-0.3, -0.25) is 4.79 Å². The summed E-state index contributed by atoms with van der Waals surface area (Å²) in [6.07, 6.45) is 1.53. The molecular formula is C23H35N3O. The molecule has 0 spiro atoms. The molecule has 0 unspecified atom stereocenters. The Morgan fingerprint density at radius 1 is 1.11 bits per heavy atom. The molecule has 0 saturated carbocycles. The van der Waals surface area contributed by atoms with Crippen LogP contribution in [0, 0.1) is 18.3 Å². The minimum Gasteiger partial charge on any atom is -0.311 e. The number of aryl methyl sites for hydroxylation is 1. The van der Waals surface area contributed by atoms with E-state index in [0.717, 1.165) is 23.6 Å². The molecule has 1 amide bonds. The maximum Gasteiger partial charge on any atom is 0.225 e. The highest BCUT2D eigenvalue weighted by molar-refractivity contribution is 5.90. The number of anilines is 1. The number of nitrogens with one attached hydrogen (secondary N) is 1. The first kappa shape index (κ1) is 21.2. The van der Waals surface area contributed by atoms with E-state index in [1.54, 1.807) is 0 Å². The summed E-state index contributed by atoms with van der Waals surface area (Å²) in [5, 5.41) is 7.87. The van der Waals surface area contributed by atoms with Gasteiger partial charge in [0.05, 0.1) is 11.4 Å². The van der Waals surface area contributed by atoms with Gasteiger partial charge in [0.2, 0.25) is 5.91 Å². The van der Waals surface area contributed by atoms with Crippen LogP contribution in [-0.2, 0) is 10.2 Å². The molecule has 1 aromatic carbocycles. The minimum absolute atomic E-state index is 0.0421. The third kappa shape index (κ3) is 6.23. The zero-order chi connectivity index (χ0) is 20.4. The fourth-order valence-corrected chi connectivity index (χ4v) is 3.35. The van der Waals surface area contributed by atoms with Crippen molar-refractivity contribution in [3.63, 3.8) is 0 Å². The molecule has 0 aliphatic carbocycles. The molecular weight excluding hydrogens is 334 g/mol. The van der Waals surface area contributed by atoms with E-state index >= 15 is 0 Å². The lowest BCUT2D eigenvalue weighted by Gasteiger charge is -2.22. The van der Waals surface area contributed by atoms with Gasteiger partial charge in [-0.2, -0.15) is 5.10 Å². The molecule has 0 saturated heterocycles. The SMILES string of the molecule is Cc1ccc(-n2nc(C(C)(C)C)cc2NC(=O)C[C@@H](C)CC(C)(C)C)cc1. The Labute approximate surface area is 164 Å². The molecule has 0 bridgehead atoms. The largest absolute Gasteiger partial charge is 0.311 e. The number of nitrogens with zero attached hydrogens (tertiary/aromatic N) is 2. The molecule has 27 heavy (non-hydrogen) atoms. The maximum absolute atomic E-state index is 12.7. The lowest BCUT2D eigenvalue weighted by molar-refractivity contribution is -0.117. The van der Waals surface area contributed by atoms with E-state index in [4.69, 9.17) is 5.10 Å². The van der Waals surface area contributed by atoms with Crippen molar-refractivity contribution in [1.82, 2.24) is 9.78 Å². The highest BCUT2D eigenvalue weighted by Gasteiger charge is 2.23. The molecule has 0 aliphatic rings. The van der Waals surface area contributed by atoms with Gasteiger partial charge in [-0.15, -0.1) is 0 Å². The summed E-state index contributed by atoms with van der Waals surface area (Å²) in [7, 11) is 0. The molecule has 0 aliphatic heterocycles. The Bertz CT molecular complexity index is 773. The van der Waals surface area contributed by atoms with Crippen LogP contribution in [0.1, 0.15) is 72.6 Å². The molecule has 4 nitrogen and oxygen atoms in total. The summed E-state index contributed by atoms with van der Waals surface area (Å²) in [6.45, 7) is 17.2. The number of benzene rings is 1. The highest BCUT2D eigenvalue weighted by atomic mass is 16.1. The zero-order valence-electron chi connectivity index (χ0n) is 18.2. The van der Waals surface area contributed by atoms with Crippen LogP contribution in [0.15, 0.2) is 30.3 Å². The number of amides is 1. The van der Waals surface area contributed by atoms with Gasteiger partial charge in [-0.25, -0.2) is 4.68 Å². The van der Waals surface area contributed by atoms with E-state index in [1.807, 2.05) is 22.9 Å². The fraction of sp³-hybridized carbons (Fsp3) is 0.565. The zero-order valence-corrected chi connectivity index (χ0v) is 18.2. The van der Waals surface area contributed by atoms with Crippen LogP contribution in [0.3, 0.4) is 0 Å². The summed E-state index contributed by atoms with van der Waals surface area (Å²) in [5.41, 5.74) is 3.25. The van der Waals surface area contributed by atoms with Crippen molar-refractivity contribution in [3.05, 3.63) is 41.6 Å². The molecule has 1 aromatic heterocycles. The number of carbonyl (C=O) groups is 1. The quantitative estimate of drug-likeness (QED) is 0.715. The Hall–Kier alpha value is -2.10. The monoisotopic (exact) mass is 369 g/mol. The van der Waals surface area contributed by atoms with Gasteiger partial charge < -0.3 is 5.32 Å². The van der Waals surface area contributed by atoms with E-state index in [1.165, 1.54) is 5.56 Å². The summed E-state index contributed by atoms with van der Waals surface area (Å²) < 4.78 is 1.84. The van der Waals surface area contributed by atoms with Crippen molar-refractivity contribution in [3.8, 4) is 5.69 Å². The van der Waals surface area contributed by atoms with E-state index in [-0.39, 0.29) is 16.7 Å². The van der Waals surface area contributed by atoms with Crippen molar-refractivity contribution >= 4 is 11.7 Å². The number of rotatable bonds is 5. The first-order valence-electron chi connectivity index (χ1n) is 9.82. The molecule has 0 fully saturated rings. The van der Waals surface area contributed by atoms with Crippen LogP contribution in [0.4, 0.5) is 5.82 Å². The lowest BCUT2D eigenvalue weighted by atomic mass is 9.84. The Kier molecular flexibility index (Phi) is 6.18. The highest BCUT2D eigenvalue weighted by Crippen LogP contribution is 2.28. The average Bonchev–Trinajstić information content (AvgIpc) is 2.89. The minimum atomic E-state index is -0.0883. The predicted octanol–water partition coefficient (Wildman–Crippen LogP) is 5.88. The van der Waals surface area contributed by atoms with Crippen LogP contribution in [0.25, 0.3) is 5.69 Å². The topological polar surface area (TPSA) is 46.9 Å². The van der Waals surface area contributed by atoms with Gasteiger partial charge in [-0.1, -0.05) is 66.2 Å². The molecule has 1 atom stereocenters. The lowest BCUT2D eigenvalue weighted by Crippen LogP contribution is -2.20. The van der Waals surface area contributed by atoms with Crippen molar-refractivity contribution in [2.75, 3.05) is 5.32 Å². The maximum atomic E-state index is 12.7. The summed E-state index contributed by atoms with van der Waals surface area (Å²) in [5.74, 6) is 1.11. The molecule has 1 N–H and O–H groups in total. The Balaban J connectivity index is 2.25. The normalized spacial score (nSPS) is 13.5. The van der Waals surface area contributed by atoms with Gasteiger partial charge in [-0.05, 0) is 36.8 Å². The van der Waals surface area contributed by atoms with Crippen LogP contribution in [0.5, 0.6) is 0 Å². The Morgan fingerprint density at radius 3 is 2.22 bits per heavy atom. The van der Waals surface area contributed by atoms with E-state index in [9.17, 15) is 4.79 Å². The van der Waals surface area contributed by atoms with Crippen molar-refractivity contribution < 1.29 is 4.79 Å². The second kappa shape index (κ2) is 7.87. The molecule has 2 aromatic rings. The predicted molar refractivity (Wildman–Crippen MR) is 113 cm³/mol. The molecule has 0 radical (unpaired) electrons. The van der Waals surface area contributed by atoms with Crippen molar-refractivity contribution in [2.45, 2.75) is 73.6 Å². The number of carbonyl (C=O) groups excluding carboxylic acids is 1. The standard InChI is InChI=1S/C23H35N3O/c1-16-9-11-18(12-10-16)26-20(14-19(25-26)23(6,7)8)24-21(27)13-17(2)15-22(3,4)5/h9-12,14,17H,13,15H2,1-8H3,(H,24,27)/t17-/m1/s1. The summed E-state index contributed by atoms with van der Waals surface area (Å²) in [6, 6.07) is 10.2. The van der Waals surface area contributed by atoms with E-state index in [2.05, 4.69) is 72.8 Å². The summed E-state index contributed by atoms with van der Waals surface area (Å²) >= 11 is 0.